The number of carbonyl (C=O) groups excluding carboxylic acids is 2. The lowest BCUT2D eigenvalue weighted by atomic mass is 10.2. The van der Waals surface area contributed by atoms with Crippen LogP contribution in [0, 0.1) is 0 Å². The molecule has 2 heterocycles. The van der Waals surface area contributed by atoms with Gasteiger partial charge in [0.05, 0.1) is 6.54 Å². The van der Waals surface area contributed by atoms with Gasteiger partial charge in [0, 0.05) is 28.8 Å². The van der Waals surface area contributed by atoms with Crippen LogP contribution in [0.2, 0.25) is 0 Å². The monoisotopic (exact) mass is 411 g/mol. The topological polar surface area (TPSA) is 63.6 Å². The van der Waals surface area contributed by atoms with E-state index < -0.39 is 0 Å². The van der Waals surface area contributed by atoms with E-state index >= 15 is 0 Å². The summed E-state index contributed by atoms with van der Waals surface area (Å²) in [6.07, 6.45) is -0.369. The third-order valence-corrected chi connectivity index (χ3v) is 5.40. The molecule has 154 valence electrons. The molecule has 1 fully saturated rings. The summed E-state index contributed by atoms with van der Waals surface area (Å²) in [5, 5.41) is 4.00. The van der Waals surface area contributed by atoms with Crippen molar-refractivity contribution in [1.29, 1.82) is 0 Å². The average molecular weight is 411 g/mol. The summed E-state index contributed by atoms with van der Waals surface area (Å²) in [6, 6.07) is 27.2. The van der Waals surface area contributed by atoms with Crippen LogP contribution in [0.15, 0.2) is 84.9 Å². The number of rotatable bonds is 5. The van der Waals surface area contributed by atoms with Gasteiger partial charge in [0.1, 0.15) is 12.3 Å². The second kappa shape index (κ2) is 7.99. The van der Waals surface area contributed by atoms with E-state index in [1.54, 1.807) is 11.0 Å². The zero-order valence-corrected chi connectivity index (χ0v) is 16.8. The first-order valence-electron chi connectivity index (χ1n) is 10.2. The number of amides is 2. The number of fused-ring (bicyclic) bond motifs is 1. The third kappa shape index (κ3) is 3.75. The zero-order valence-electron chi connectivity index (χ0n) is 16.8. The number of nitrogens with zero attached hydrogens (tertiary/aromatic N) is 2. The maximum atomic E-state index is 13.3. The Balaban J connectivity index is 1.46. The molecule has 0 bridgehead atoms. The van der Waals surface area contributed by atoms with E-state index in [9.17, 15) is 9.59 Å². The van der Waals surface area contributed by atoms with Crippen LogP contribution >= 0.6 is 0 Å². The fraction of sp³-hybridized carbons (Fsp3) is 0.120. The van der Waals surface area contributed by atoms with E-state index in [-0.39, 0.29) is 12.0 Å². The first-order chi connectivity index (χ1) is 15.2. The minimum Gasteiger partial charge on any atom is -0.447 e. The number of nitrogens with one attached hydrogen (secondary N) is 1. The predicted molar refractivity (Wildman–Crippen MR) is 121 cm³/mol. The first-order valence-corrected chi connectivity index (χ1v) is 10.2. The molecule has 0 spiro atoms. The summed E-state index contributed by atoms with van der Waals surface area (Å²) >= 11 is 0. The van der Waals surface area contributed by atoms with Gasteiger partial charge in [-0.05, 0) is 35.9 Å². The van der Waals surface area contributed by atoms with Crippen molar-refractivity contribution >= 4 is 34.3 Å². The summed E-state index contributed by atoms with van der Waals surface area (Å²) in [5.74, 6) is -0.201. The number of cyclic esters (lactones) is 1. The van der Waals surface area contributed by atoms with E-state index in [4.69, 9.17) is 4.74 Å². The molecule has 1 aromatic heterocycles. The van der Waals surface area contributed by atoms with Crippen LogP contribution in [-0.4, -0.2) is 29.7 Å². The SMILES string of the molecule is O=C(Nc1cccc(N2CCOC2=O)c1)c1cc2ccccc2n1Cc1ccccc1. The molecule has 0 radical (unpaired) electrons. The van der Waals surface area contributed by atoms with Gasteiger partial charge in [-0.25, -0.2) is 4.79 Å². The molecule has 1 aliphatic rings. The van der Waals surface area contributed by atoms with Gasteiger partial charge in [0.15, 0.2) is 0 Å². The highest BCUT2D eigenvalue weighted by molar-refractivity contribution is 6.06. The van der Waals surface area contributed by atoms with Crippen molar-refractivity contribution in [3.05, 3.63) is 96.2 Å². The van der Waals surface area contributed by atoms with Crippen molar-refractivity contribution in [2.24, 2.45) is 0 Å². The van der Waals surface area contributed by atoms with Crippen molar-refractivity contribution in [2.45, 2.75) is 6.54 Å². The Hall–Kier alpha value is -4.06. The standard InChI is InChI=1S/C25H21N3O3/c29-24(26-20-10-6-11-21(16-20)27-13-14-31-25(27)30)23-15-19-9-4-5-12-22(19)28(23)17-18-7-2-1-3-8-18/h1-12,15-16H,13-14,17H2,(H,26,29). The Labute approximate surface area is 179 Å². The van der Waals surface area contributed by atoms with Crippen molar-refractivity contribution in [2.75, 3.05) is 23.4 Å². The largest absolute Gasteiger partial charge is 0.447 e. The highest BCUT2D eigenvalue weighted by Crippen LogP contribution is 2.25. The summed E-state index contributed by atoms with van der Waals surface area (Å²) < 4.78 is 7.04. The van der Waals surface area contributed by atoms with E-state index in [2.05, 4.69) is 17.4 Å². The van der Waals surface area contributed by atoms with Gasteiger partial charge in [-0.3, -0.25) is 9.69 Å². The van der Waals surface area contributed by atoms with Crippen LogP contribution in [-0.2, 0) is 11.3 Å². The Morgan fingerprint density at radius 2 is 1.74 bits per heavy atom. The van der Waals surface area contributed by atoms with Crippen LogP contribution in [0.5, 0.6) is 0 Å². The van der Waals surface area contributed by atoms with Gasteiger partial charge >= 0.3 is 6.09 Å². The number of hydrogen-bond donors (Lipinski definition) is 1. The van der Waals surface area contributed by atoms with Crippen molar-refractivity contribution in [3.8, 4) is 0 Å². The number of para-hydroxylation sites is 1. The van der Waals surface area contributed by atoms with Gasteiger partial charge < -0.3 is 14.6 Å². The summed E-state index contributed by atoms with van der Waals surface area (Å²) in [7, 11) is 0. The van der Waals surface area contributed by atoms with Crippen LogP contribution in [0.25, 0.3) is 10.9 Å². The molecule has 0 saturated carbocycles. The molecule has 6 heteroatoms. The molecule has 0 aliphatic carbocycles. The molecule has 0 atom stereocenters. The van der Waals surface area contributed by atoms with Crippen LogP contribution in [0.4, 0.5) is 16.2 Å². The molecule has 0 unspecified atom stereocenters. The van der Waals surface area contributed by atoms with Gasteiger partial charge in [-0.2, -0.15) is 0 Å². The van der Waals surface area contributed by atoms with E-state index in [1.807, 2.05) is 71.3 Å². The molecule has 6 nitrogen and oxygen atoms in total. The van der Waals surface area contributed by atoms with Crippen molar-refractivity contribution in [3.63, 3.8) is 0 Å². The summed E-state index contributed by atoms with van der Waals surface area (Å²) in [4.78, 5) is 26.7. The summed E-state index contributed by atoms with van der Waals surface area (Å²) in [5.41, 5.74) is 4.03. The smallest absolute Gasteiger partial charge is 0.414 e. The second-order valence-corrected chi connectivity index (χ2v) is 7.43. The van der Waals surface area contributed by atoms with E-state index in [1.165, 1.54) is 0 Å². The lowest BCUT2D eigenvalue weighted by Crippen LogP contribution is -2.23. The molecule has 4 aromatic rings. The Kier molecular flexibility index (Phi) is 4.88. The number of hydrogen-bond acceptors (Lipinski definition) is 3. The normalized spacial score (nSPS) is 13.4. The van der Waals surface area contributed by atoms with Crippen LogP contribution < -0.4 is 10.2 Å². The molecule has 3 aromatic carbocycles. The zero-order chi connectivity index (χ0) is 21.2. The van der Waals surface area contributed by atoms with E-state index in [0.29, 0.717) is 36.8 Å². The molecule has 31 heavy (non-hydrogen) atoms. The maximum Gasteiger partial charge on any atom is 0.414 e. The Morgan fingerprint density at radius 3 is 2.55 bits per heavy atom. The lowest BCUT2D eigenvalue weighted by molar-refractivity contribution is 0.101. The minimum absolute atomic E-state index is 0.201. The Bertz CT molecular complexity index is 1260. The van der Waals surface area contributed by atoms with Crippen molar-refractivity contribution < 1.29 is 14.3 Å². The molecule has 1 N–H and O–H groups in total. The van der Waals surface area contributed by atoms with Crippen LogP contribution in [0.1, 0.15) is 16.1 Å². The molecular weight excluding hydrogens is 390 g/mol. The van der Waals surface area contributed by atoms with Gasteiger partial charge in [-0.15, -0.1) is 0 Å². The first kappa shape index (κ1) is 18.9. The second-order valence-electron chi connectivity index (χ2n) is 7.43. The molecule has 5 rings (SSSR count). The average Bonchev–Trinajstić information content (AvgIpc) is 3.38. The van der Waals surface area contributed by atoms with Crippen molar-refractivity contribution in [1.82, 2.24) is 4.57 Å². The molecule has 1 aliphatic heterocycles. The predicted octanol–water partition coefficient (Wildman–Crippen LogP) is 4.90. The fourth-order valence-electron chi connectivity index (χ4n) is 3.91. The third-order valence-electron chi connectivity index (χ3n) is 5.40. The lowest BCUT2D eigenvalue weighted by Gasteiger charge is -2.15. The Morgan fingerprint density at radius 1 is 0.935 bits per heavy atom. The minimum atomic E-state index is -0.369. The highest BCUT2D eigenvalue weighted by atomic mass is 16.6. The highest BCUT2D eigenvalue weighted by Gasteiger charge is 2.24. The summed E-state index contributed by atoms with van der Waals surface area (Å²) in [6.45, 7) is 1.47. The van der Waals surface area contributed by atoms with Gasteiger partial charge in [0.25, 0.3) is 5.91 Å². The molecule has 2 amide bonds. The maximum absolute atomic E-state index is 13.3. The molecular formula is C25H21N3O3. The van der Waals surface area contributed by atoms with Gasteiger partial charge in [-0.1, -0.05) is 54.6 Å². The number of ether oxygens (including phenoxy) is 1. The number of aromatic nitrogens is 1. The van der Waals surface area contributed by atoms with E-state index in [0.717, 1.165) is 16.5 Å². The number of benzene rings is 3. The number of carbonyl (C=O) groups is 2. The fourth-order valence-corrected chi connectivity index (χ4v) is 3.91. The molecule has 1 saturated heterocycles. The number of anilines is 2. The van der Waals surface area contributed by atoms with Gasteiger partial charge in [0.2, 0.25) is 0 Å². The van der Waals surface area contributed by atoms with Crippen LogP contribution in [0.3, 0.4) is 0 Å². The quantitative estimate of drug-likeness (QED) is 0.508.